The third-order valence-electron chi connectivity index (χ3n) is 12.8. The molecule has 0 unspecified atom stereocenters. The van der Waals surface area contributed by atoms with Gasteiger partial charge in [0.05, 0.1) is 16.6 Å². The van der Waals surface area contributed by atoms with Crippen LogP contribution in [-0.4, -0.2) is 14.5 Å². The monoisotopic (exact) mass is 853 g/mol. The van der Waals surface area contributed by atoms with E-state index >= 15 is 0 Å². The number of nitrogens with zero attached hydrogens (tertiary/aromatic N) is 3. The molecule has 0 saturated heterocycles. The van der Waals surface area contributed by atoms with Crippen LogP contribution in [-0.2, 0) is 0 Å². The van der Waals surface area contributed by atoms with Crippen molar-refractivity contribution in [3.8, 4) is 95.1 Å². The summed E-state index contributed by atoms with van der Waals surface area (Å²) in [6.45, 7) is 0. The van der Waals surface area contributed by atoms with Crippen molar-refractivity contribution < 1.29 is 0 Å². The maximum Gasteiger partial charge on any atom is 0.162 e. The van der Waals surface area contributed by atoms with Gasteiger partial charge in [0.15, 0.2) is 5.82 Å². The minimum Gasteiger partial charge on any atom is -0.294 e. The minimum absolute atomic E-state index is 0.664. The Morgan fingerprint density at radius 1 is 0.254 bits per heavy atom. The van der Waals surface area contributed by atoms with E-state index < -0.39 is 0 Å². The molecule has 0 saturated carbocycles. The number of aromatic nitrogens is 3. The molecule has 0 N–H and O–H groups in total. The van der Waals surface area contributed by atoms with Gasteiger partial charge in [-0.2, -0.15) is 0 Å². The van der Waals surface area contributed by atoms with Gasteiger partial charge in [0.25, 0.3) is 0 Å². The van der Waals surface area contributed by atoms with Gasteiger partial charge in [-0.15, -0.1) is 0 Å². The zero-order chi connectivity index (χ0) is 44.5. The Kier molecular flexibility index (Phi) is 10.2. The fraction of sp³-hybridized carbons (Fsp3) is 0. The van der Waals surface area contributed by atoms with Crippen molar-refractivity contribution in [3.05, 3.63) is 261 Å². The number of hydrogen-bond donors (Lipinski definition) is 0. The average molecular weight is 854 g/mol. The van der Waals surface area contributed by atoms with Crippen LogP contribution < -0.4 is 0 Å². The van der Waals surface area contributed by atoms with Gasteiger partial charge >= 0.3 is 0 Å². The van der Waals surface area contributed by atoms with Crippen LogP contribution in [0.5, 0.6) is 0 Å². The Labute approximate surface area is 390 Å². The fourth-order valence-corrected chi connectivity index (χ4v) is 9.49. The van der Waals surface area contributed by atoms with E-state index in [1.165, 1.54) is 22.3 Å². The van der Waals surface area contributed by atoms with Crippen molar-refractivity contribution in [2.45, 2.75) is 0 Å². The number of rotatable bonds is 9. The van der Waals surface area contributed by atoms with Crippen molar-refractivity contribution in [2.75, 3.05) is 0 Å². The molecule has 3 nitrogen and oxygen atoms in total. The van der Waals surface area contributed by atoms with Crippen LogP contribution in [0, 0.1) is 0 Å². The van der Waals surface area contributed by atoms with Crippen LogP contribution in [0.25, 0.3) is 117 Å². The molecule has 2 aromatic heterocycles. The lowest BCUT2D eigenvalue weighted by Gasteiger charge is -2.14. The second-order valence-corrected chi connectivity index (χ2v) is 17.0. The number of hydrogen-bond acceptors (Lipinski definition) is 2. The Bertz CT molecular complexity index is 3620. The third kappa shape index (κ3) is 7.69. The molecule has 0 aliphatic rings. The molecule has 10 aromatic carbocycles. The van der Waals surface area contributed by atoms with Gasteiger partial charge < -0.3 is 0 Å². The lowest BCUT2D eigenvalue weighted by atomic mass is 9.91. The van der Waals surface area contributed by atoms with E-state index in [9.17, 15) is 0 Å². The van der Waals surface area contributed by atoms with E-state index in [4.69, 9.17) is 9.97 Å². The molecule has 2 heterocycles. The highest BCUT2D eigenvalue weighted by molar-refractivity contribution is 6.14. The van der Waals surface area contributed by atoms with Crippen molar-refractivity contribution in [2.24, 2.45) is 0 Å². The summed E-state index contributed by atoms with van der Waals surface area (Å²) in [6.07, 6.45) is 0. The Balaban J connectivity index is 1.05. The predicted molar refractivity (Wildman–Crippen MR) is 280 cm³/mol. The Hall–Kier alpha value is -8.92. The molecular formula is C64H43N3. The summed E-state index contributed by atoms with van der Waals surface area (Å²) in [6, 6.07) is 93.1. The standard InChI is InChI=1S/C64H43N3/c1-5-19-44(20-6-1)47-25-15-28-50(37-47)55-41-56(51-29-16-26-48(38-51)45-21-7-2-8-22-45)43-57(42-55)52-30-18-32-54(40-52)63-65-62(53-31-17-27-49(39-53)46-23-9-3-10-24-46)61-59-35-13-14-36-60(59)67(64(61)66-63)58-33-11-4-12-34-58/h1-43H. The highest BCUT2D eigenvalue weighted by Crippen LogP contribution is 2.41. The smallest absolute Gasteiger partial charge is 0.162 e. The quantitative estimate of drug-likeness (QED) is 0.145. The maximum atomic E-state index is 5.55. The third-order valence-corrected chi connectivity index (χ3v) is 12.8. The van der Waals surface area contributed by atoms with Crippen LogP contribution in [0.4, 0.5) is 0 Å². The second kappa shape index (κ2) is 17.2. The second-order valence-electron chi connectivity index (χ2n) is 17.0. The van der Waals surface area contributed by atoms with Crippen molar-refractivity contribution in [1.29, 1.82) is 0 Å². The lowest BCUT2D eigenvalue weighted by Crippen LogP contribution is -1.99. The Morgan fingerprint density at radius 2 is 0.597 bits per heavy atom. The number of fused-ring (bicyclic) bond motifs is 3. The first-order valence-electron chi connectivity index (χ1n) is 22.8. The first-order valence-corrected chi connectivity index (χ1v) is 22.8. The topological polar surface area (TPSA) is 30.7 Å². The molecule has 314 valence electrons. The van der Waals surface area contributed by atoms with E-state index in [0.29, 0.717) is 5.82 Å². The fourth-order valence-electron chi connectivity index (χ4n) is 9.49. The molecule has 0 aliphatic heterocycles. The van der Waals surface area contributed by atoms with Crippen molar-refractivity contribution in [1.82, 2.24) is 14.5 Å². The van der Waals surface area contributed by atoms with Crippen LogP contribution in [0.2, 0.25) is 0 Å². The summed E-state index contributed by atoms with van der Waals surface area (Å²) in [4.78, 5) is 11.1. The molecule has 67 heavy (non-hydrogen) atoms. The van der Waals surface area contributed by atoms with Gasteiger partial charge in [0.2, 0.25) is 0 Å². The van der Waals surface area contributed by atoms with Gasteiger partial charge in [-0.05, 0) is 127 Å². The summed E-state index contributed by atoms with van der Waals surface area (Å²) in [7, 11) is 0. The van der Waals surface area contributed by atoms with Crippen LogP contribution >= 0.6 is 0 Å². The SMILES string of the molecule is c1ccc(-c2cccc(-c3cc(-c4cccc(-c5ccccc5)c4)cc(-c4cccc(-c5nc(-c6cccc(-c7ccccc7)c6)c6c7ccccc7n(-c7ccccc7)c6n5)c4)c3)c2)cc1. The molecule has 0 atom stereocenters. The summed E-state index contributed by atoms with van der Waals surface area (Å²) in [5, 5.41) is 2.14. The summed E-state index contributed by atoms with van der Waals surface area (Å²) in [5.74, 6) is 0.664. The van der Waals surface area contributed by atoms with E-state index in [-0.39, 0.29) is 0 Å². The highest BCUT2D eigenvalue weighted by Gasteiger charge is 2.21. The highest BCUT2D eigenvalue weighted by atomic mass is 15.1. The summed E-state index contributed by atoms with van der Waals surface area (Å²) >= 11 is 0. The predicted octanol–water partition coefficient (Wildman–Crippen LogP) is 16.9. The van der Waals surface area contributed by atoms with Crippen LogP contribution in [0.3, 0.4) is 0 Å². The van der Waals surface area contributed by atoms with E-state index in [1.807, 2.05) is 0 Å². The molecule has 0 bridgehead atoms. The van der Waals surface area contributed by atoms with Gasteiger partial charge in [0, 0.05) is 22.2 Å². The van der Waals surface area contributed by atoms with Gasteiger partial charge in [-0.1, -0.05) is 200 Å². The minimum atomic E-state index is 0.664. The molecule has 0 spiro atoms. The van der Waals surface area contributed by atoms with Gasteiger partial charge in [0.1, 0.15) is 5.65 Å². The number of para-hydroxylation sites is 2. The zero-order valence-electron chi connectivity index (χ0n) is 36.7. The molecule has 0 fully saturated rings. The molecule has 3 heteroatoms. The lowest BCUT2D eigenvalue weighted by molar-refractivity contribution is 1.11. The molecule has 12 aromatic rings. The molecule has 0 radical (unpaired) electrons. The first-order chi connectivity index (χ1) is 33.2. The van der Waals surface area contributed by atoms with Crippen molar-refractivity contribution in [3.63, 3.8) is 0 Å². The molecular weight excluding hydrogens is 811 g/mol. The zero-order valence-corrected chi connectivity index (χ0v) is 36.7. The number of benzene rings is 10. The first kappa shape index (κ1) is 39.7. The van der Waals surface area contributed by atoms with E-state index in [0.717, 1.165) is 89.0 Å². The molecule has 0 aliphatic carbocycles. The van der Waals surface area contributed by atoms with Crippen molar-refractivity contribution >= 4 is 21.9 Å². The van der Waals surface area contributed by atoms with Gasteiger partial charge in [-0.25, -0.2) is 9.97 Å². The molecule has 12 rings (SSSR count). The van der Waals surface area contributed by atoms with E-state index in [2.05, 4.69) is 265 Å². The van der Waals surface area contributed by atoms with Crippen LogP contribution in [0.1, 0.15) is 0 Å². The maximum absolute atomic E-state index is 5.55. The van der Waals surface area contributed by atoms with E-state index in [1.54, 1.807) is 0 Å². The largest absolute Gasteiger partial charge is 0.294 e. The summed E-state index contributed by atoms with van der Waals surface area (Å²) in [5.41, 5.74) is 19.7. The molecule has 0 amide bonds. The average Bonchev–Trinajstić information content (AvgIpc) is 3.76. The Morgan fingerprint density at radius 3 is 1.09 bits per heavy atom. The summed E-state index contributed by atoms with van der Waals surface area (Å²) < 4.78 is 2.28. The van der Waals surface area contributed by atoms with Crippen LogP contribution in [0.15, 0.2) is 261 Å². The van der Waals surface area contributed by atoms with Gasteiger partial charge in [-0.3, -0.25) is 4.57 Å². The normalized spacial score (nSPS) is 11.3.